The second-order valence-electron chi connectivity index (χ2n) is 9.64. The molecule has 4 saturated carbocycles. The van der Waals surface area contributed by atoms with E-state index in [1.165, 1.54) is 44.1 Å². The summed E-state index contributed by atoms with van der Waals surface area (Å²) in [5, 5.41) is 23.0. The topological polar surface area (TPSA) is 40.5 Å². The summed E-state index contributed by atoms with van der Waals surface area (Å²) in [7, 11) is 0. The molecule has 142 valence electrons. The normalized spacial score (nSPS) is 30.8. The van der Waals surface area contributed by atoms with Crippen molar-refractivity contribution in [2.45, 2.75) is 43.9 Å². The van der Waals surface area contributed by atoms with Gasteiger partial charge in [0, 0.05) is 10.9 Å². The standard InChI is InChI=1S/C26H26O2/c27-24-3-1-2-19-4-5-20(11-22(19)24)21-6-7-25(28)23(12-21)26-13-16-8-17(14-26)10-18(9-16)15-26/h1-7,11-12,16-18,27-28H,8-10,13-15H2. The minimum Gasteiger partial charge on any atom is -0.508 e. The quantitative estimate of drug-likeness (QED) is 0.549. The predicted molar refractivity (Wildman–Crippen MR) is 113 cm³/mol. The average molecular weight is 370 g/mol. The van der Waals surface area contributed by atoms with Gasteiger partial charge in [0.05, 0.1) is 0 Å². The largest absolute Gasteiger partial charge is 0.508 e. The molecule has 0 radical (unpaired) electrons. The summed E-state index contributed by atoms with van der Waals surface area (Å²) >= 11 is 0. The summed E-state index contributed by atoms with van der Waals surface area (Å²) in [5.74, 6) is 3.35. The van der Waals surface area contributed by atoms with E-state index in [1.807, 2.05) is 24.3 Å². The first kappa shape index (κ1) is 16.5. The molecule has 2 nitrogen and oxygen atoms in total. The van der Waals surface area contributed by atoms with Crippen molar-refractivity contribution in [3.63, 3.8) is 0 Å². The molecule has 0 heterocycles. The minimum atomic E-state index is 0.174. The van der Waals surface area contributed by atoms with E-state index < -0.39 is 0 Å². The molecule has 4 fully saturated rings. The summed E-state index contributed by atoms with van der Waals surface area (Å²) in [5.41, 5.74) is 3.57. The minimum absolute atomic E-state index is 0.174. The third-order valence-electron chi connectivity index (χ3n) is 7.80. The van der Waals surface area contributed by atoms with Gasteiger partial charge < -0.3 is 10.2 Å². The van der Waals surface area contributed by atoms with Crippen molar-refractivity contribution >= 4 is 10.8 Å². The van der Waals surface area contributed by atoms with E-state index in [4.69, 9.17) is 0 Å². The van der Waals surface area contributed by atoms with Crippen molar-refractivity contribution in [1.29, 1.82) is 0 Å². The number of benzene rings is 3. The molecule has 0 aliphatic heterocycles. The summed E-state index contributed by atoms with van der Waals surface area (Å²) in [4.78, 5) is 0. The Morgan fingerprint density at radius 3 is 2.04 bits per heavy atom. The van der Waals surface area contributed by atoms with Crippen LogP contribution in [0, 0.1) is 17.8 Å². The zero-order valence-corrected chi connectivity index (χ0v) is 16.1. The zero-order valence-electron chi connectivity index (χ0n) is 16.1. The Morgan fingerprint density at radius 2 is 1.32 bits per heavy atom. The highest BCUT2D eigenvalue weighted by atomic mass is 16.3. The number of hydrogen-bond acceptors (Lipinski definition) is 2. The van der Waals surface area contributed by atoms with Gasteiger partial charge in [0.2, 0.25) is 0 Å². The van der Waals surface area contributed by atoms with E-state index >= 15 is 0 Å². The van der Waals surface area contributed by atoms with Crippen LogP contribution in [0.1, 0.15) is 44.1 Å². The number of phenolic OH excluding ortho intramolecular Hbond substituents is 2. The van der Waals surface area contributed by atoms with Crippen molar-refractivity contribution in [1.82, 2.24) is 0 Å². The van der Waals surface area contributed by atoms with Gasteiger partial charge in [-0.25, -0.2) is 0 Å². The maximum Gasteiger partial charge on any atom is 0.123 e. The Hall–Kier alpha value is -2.48. The molecule has 3 aromatic carbocycles. The average Bonchev–Trinajstić information content (AvgIpc) is 2.67. The third kappa shape index (κ3) is 2.40. The second-order valence-corrected chi connectivity index (χ2v) is 9.64. The Kier molecular flexibility index (Phi) is 3.39. The smallest absolute Gasteiger partial charge is 0.123 e. The fourth-order valence-corrected chi connectivity index (χ4v) is 7.02. The first-order valence-corrected chi connectivity index (χ1v) is 10.7. The highest BCUT2D eigenvalue weighted by molar-refractivity contribution is 5.92. The van der Waals surface area contributed by atoms with Gasteiger partial charge in [-0.15, -0.1) is 0 Å². The number of rotatable bonds is 2. The zero-order chi connectivity index (χ0) is 18.9. The third-order valence-corrected chi connectivity index (χ3v) is 7.80. The van der Waals surface area contributed by atoms with E-state index in [-0.39, 0.29) is 5.41 Å². The van der Waals surface area contributed by atoms with Crippen LogP contribution in [0.2, 0.25) is 0 Å². The summed E-state index contributed by atoms with van der Waals surface area (Å²) < 4.78 is 0. The maximum absolute atomic E-state index is 10.8. The molecule has 0 saturated heterocycles. The van der Waals surface area contributed by atoms with Crippen molar-refractivity contribution in [3.8, 4) is 22.6 Å². The van der Waals surface area contributed by atoms with Gasteiger partial charge >= 0.3 is 0 Å². The van der Waals surface area contributed by atoms with E-state index in [9.17, 15) is 10.2 Å². The molecule has 3 aromatic rings. The second kappa shape index (κ2) is 5.76. The van der Waals surface area contributed by atoms with Gasteiger partial charge in [0.25, 0.3) is 0 Å². The van der Waals surface area contributed by atoms with Crippen molar-refractivity contribution < 1.29 is 10.2 Å². The molecular weight excluding hydrogens is 344 g/mol. The van der Waals surface area contributed by atoms with Crippen LogP contribution in [0.25, 0.3) is 21.9 Å². The fourth-order valence-electron chi connectivity index (χ4n) is 7.02. The molecule has 2 heteroatoms. The lowest BCUT2D eigenvalue weighted by atomic mass is 9.48. The number of hydrogen-bond donors (Lipinski definition) is 2. The van der Waals surface area contributed by atoms with Crippen LogP contribution in [0.3, 0.4) is 0 Å². The lowest BCUT2D eigenvalue weighted by Crippen LogP contribution is -2.48. The summed E-state index contributed by atoms with van der Waals surface area (Å²) in [6, 6.07) is 18.0. The van der Waals surface area contributed by atoms with Gasteiger partial charge in [-0.05, 0) is 102 Å². The van der Waals surface area contributed by atoms with E-state index in [2.05, 4.69) is 24.3 Å². The SMILES string of the molecule is Oc1ccc(-c2ccc3cccc(O)c3c2)cc1C12CC3CC(CC(C3)C1)C2. The molecule has 28 heavy (non-hydrogen) atoms. The van der Waals surface area contributed by atoms with Crippen LogP contribution >= 0.6 is 0 Å². The molecule has 4 bridgehead atoms. The molecule has 0 amide bonds. The summed E-state index contributed by atoms with van der Waals surface area (Å²) in [6.45, 7) is 0. The van der Waals surface area contributed by atoms with E-state index in [1.54, 1.807) is 6.07 Å². The molecule has 7 rings (SSSR count). The molecule has 2 N–H and O–H groups in total. The first-order chi connectivity index (χ1) is 13.6. The number of fused-ring (bicyclic) bond motifs is 1. The monoisotopic (exact) mass is 370 g/mol. The van der Waals surface area contributed by atoms with Gasteiger partial charge in [-0.2, -0.15) is 0 Å². The van der Waals surface area contributed by atoms with E-state index in [0.29, 0.717) is 11.5 Å². The van der Waals surface area contributed by atoms with Crippen LogP contribution in [-0.2, 0) is 5.41 Å². The highest BCUT2D eigenvalue weighted by Gasteiger charge is 2.52. The Balaban J connectivity index is 1.46. The maximum atomic E-state index is 10.8. The van der Waals surface area contributed by atoms with Gasteiger partial charge in [-0.3, -0.25) is 0 Å². The van der Waals surface area contributed by atoms with Crippen molar-refractivity contribution in [2.75, 3.05) is 0 Å². The van der Waals surface area contributed by atoms with Gasteiger partial charge in [0.1, 0.15) is 11.5 Å². The van der Waals surface area contributed by atoms with Crippen molar-refractivity contribution in [3.05, 3.63) is 60.2 Å². The van der Waals surface area contributed by atoms with Gasteiger partial charge in [-0.1, -0.05) is 30.3 Å². The number of aromatic hydroxyl groups is 2. The molecule has 0 aromatic heterocycles. The molecule has 0 atom stereocenters. The van der Waals surface area contributed by atoms with E-state index in [0.717, 1.165) is 39.7 Å². The van der Waals surface area contributed by atoms with Gasteiger partial charge in [0.15, 0.2) is 0 Å². The Bertz CT molecular complexity index is 1050. The Morgan fingerprint density at radius 1 is 0.679 bits per heavy atom. The summed E-state index contributed by atoms with van der Waals surface area (Å²) in [6.07, 6.45) is 7.95. The van der Waals surface area contributed by atoms with Crippen LogP contribution in [0.4, 0.5) is 0 Å². The fraction of sp³-hybridized carbons (Fsp3) is 0.385. The Labute approximate surface area is 165 Å². The predicted octanol–water partition coefficient (Wildman–Crippen LogP) is 6.39. The molecular formula is C26H26O2. The number of phenols is 2. The molecule has 0 spiro atoms. The lowest BCUT2D eigenvalue weighted by molar-refractivity contribution is -0.00611. The van der Waals surface area contributed by atoms with Crippen LogP contribution < -0.4 is 0 Å². The highest BCUT2D eigenvalue weighted by Crippen LogP contribution is 2.62. The van der Waals surface area contributed by atoms with Crippen molar-refractivity contribution in [2.24, 2.45) is 17.8 Å². The van der Waals surface area contributed by atoms with Crippen LogP contribution in [0.5, 0.6) is 11.5 Å². The van der Waals surface area contributed by atoms with Crippen LogP contribution in [-0.4, -0.2) is 10.2 Å². The molecule has 4 aliphatic rings. The first-order valence-electron chi connectivity index (χ1n) is 10.7. The van der Waals surface area contributed by atoms with Crippen LogP contribution in [0.15, 0.2) is 54.6 Å². The molecule has 0 unspecified atom stereocenters. The lowest BCUT2D eigenvalue weighted by Gasteiger charge is -2.57. The molecule has 4 aliphatic carbocycles.